The van der Waals surface area contributed by atoms with Gasteiger partial charge < -0.3 is 13.9 Å². The summed E-state index contributed by atoms with van der Waals surface area (Å²) in [6.07, 6.45) is 0. The lowest BCUT2D eigenvalue weighted by Crippen LogP contribution is -2.00. The molecule has 0 saturated heterocycles. The summed E-state index contributed by atoms with van der Waals surface area (Å²) in [6.45, 7) is 0. The van der Waals surface area contributed by atoms with Crippen LogP contribution in [-0.4, -0.2) is 14.2 Å². The van der Waals surface area contributed by atoms with Crippen LogP contribution in [0.4, 0.5) is 0 Å². The Balaban J connectivity index is 2.27. The van der Waals surface area contributed by atoms with Crippen molar-refractivity contribution < 1.29 is 13.9 Å². The Hall–Kier alpha value is -2.75. The van der Waals surface area contributed by atoms with Crippen LogP contribution in [0, 0.1) is 0 Å². The second kappa shape index (κ2) is 5.32. The summed E-state index contributed by atoms with van der Waals surface area (Å²) in [5, 5.41) is 0.558. The van der Waals surface area contributed by atoms with Gasteiger partial charge in [0.2, 0.25) is 0 Å². The van der Waals surface area contributed by atoms with E-state index in [1.807, 2.05) is 12.1 Å². The van der Waals surface area contributed by atoms with Gasteiger partial charge in [0, 0.05) is 6.07 Å². The van der Waals surface area contributed by atoms with E-state index in [0.717, 1.165) is 0 Å². The minimum Gasteiger partial charge on any atom is -0.497 e. The van der Waals surface area contributed by atoms with Crippen LogP contribution in [0.1, 0.15) is 0 Å². The van der Waals surface area contributed by atoms with Gasteiger partial charge in [0.1, 0.15) is 22.8 Å². The molecule has 1 heterocycles. The molecule has 4 heteroatoms. The average molecular weight is 282 g/mol. The molecule has 0 saturated carbocycles. The number of para-hydroxylation sites is 1. The van der Waals surface area contributed by atoms with Crippen molar-refractivity contribution in [3.8, 4) is 22.8 Å². The van der Waals surface area contributed by atoms with Gasteiger partial charge in [-0.3, -0.25) is 4.79 Å². The molecule has 0 aliphatic heterocycles. The minimum absolute atomic E-state index is 0.0864. The highest BCUT2D eigenvalue weighted by Crippen LogP contribution is 2.33. The van der Waals surface area contributed by atoms with Crippen molar-refractivity contribution in [3.63, 3.8) is 0 Å². The summed E-state index contributed by atoms with van der Waals surface area (Å²) in [5.74, 6) is 1.74. The number of benzene rings is 2. The third-order valence-corrected chi connectivity index (χ3v) is 3.31. The maximum atomic E-state index is 12.2. The van der Waals surface area contributed by atoms with Crippen LogP contribution in [0.5, 0.6) is 11.5 Å². The highest BCUT2D eigenvalue weighted by atomic mass is 16.5. The Morgan fingerprint density at radius 3 is 2.52 bits per heavy atom. The molecule has 2 aromatic carbocycles. The minimum atomic E-state index is -0.0864. The summed E-state index contributed by atoms with van der Waals surface area (Å²) in [7, 11) is 3.16. The molecule has 0 fully saturated rings. The third-order valence-electron chi connectivity index (χ3n) is 3.31. The van der Waals surface area contributed by atoms with E-state index in [-0.39, 0.29) is 5.43 Å². The van der Waals surface area contributed by atoms with Gasteiger partial charge in [-0.05, 0) is 30.3 Å². The van der Waals surface area contributed by atoms with E-state index < -0.39 is 0 Å². The van der Waals surface area contributed by atoms with Crippen molar-refractivity contribution in [2.75, 3.05) is 14.2 Å². The molecule has 0 amide bonds. The molecule has 106 valence electrons. The zero-order valence-corrected chi connectivity index (χ0v) is 11.8. The van der Waals surface area contributed by atoms with Gasteiger partial charge in [-0.2, -0.15) is 0 Å². The largest absolute Gasteiger partial charge is 0.497 e. The smallest absolute Gasteiger partial charge is 0.193 e. The van der Waals surface area contributed by atoms with Crippen LogP contribution in [0.2, 0.25) is 0 Å². The van der Waals surface area contributed by atoms with Crippen LogP contribution in [0.3, 0.4) is 0 Å². The van der Waals surface area contributed by atoms with Gasteiger partial charge in [-0.1, -0.05) is 12.1 Å². The zero-order chi connectivity index (χ0) is 14.8. The number of ether oxygens (including phenoxy) is 2. The van der Waals surface area contributed by atoms with Crippen LogP contribution in [0.15, 0.2) is 57.7 Å². The number of hydrogen-bond acceptors (Lipinski definition) is 4. The predicted molar refractivity (Wildman–Crippen MR) is 81.0 cm³/mol. The van der Waals surface area contributed by atoms with Gasteiger partial charge in [0.25, 0.3) is 0 Å². The summed E-state index contributed by atoms with van der Waals surface area (Å²) in [5.41, 5.74) is 1.14. The van der Waals surface area contributed by atoms with Crippen LogP contribution in [-0.2, 0) is 0 Å². The number of methoxy groups -OCH3 is 2. The number of hydrogen-bond donors (Lipinski definition) is 0. The third kappa shape index (κ3) is 2.36. The van der Waals surface area contributed by atoms with Gasteiger partial charge in [-0.25, -0.2) is 0 Å². The number of rotatable bonds is 3. The molecule has 0 radical (unpaired) electrons. The molecule has 3 rings (SSSR count). The zero-order valence-electron chi connectivity index (χ0n) is 11.8. The lowest BCUT2D eigenvalue weighted by Gasteiger charge is -2.10. The first kappa shape index (κ1) is 13.2. The fourth-order valence-corrected chi connectivity index (χ4v) is 2.24. The highest BCUT2D eigenvalue weighted by molar-refractivity contribution is 5.79. The van der Waals surface area contributed by atoms with Gasteiger partial charge in [-0.15, -0.1) is 0 Å². The molecule has 0 spiro atoms. The van der Waals surface area contributed by atoms with Gasteiger partial charge in [0.15, 0.2) is 5.43 Å². The second-order valence-electron chi connectivity index (χ2n) is 4.54. The van der Waals surface area contributed by atoms with E-state index in [4.69, 9.17) is 13.9 Å². The second-order valence-corrected chi connectivity index (χ2v) is 4.54. The molecule has 21 heavy (non-hydrogen) atoms. The fourth-order valence-electron chi connectivity index (χ4n) is 2.24. The van der Waals surface area contributed by atoms with E-state index in [9.17, 15) is 4.79 Å². The quantitative estimate of drug-likeness (QED) is 0.738. The normalized spacial score (nSPS) is 10.6. The van der Waals surface area contributed by atoms with Gasteiger partial charge >= 0.3 is 0 Å². The molecular weight excluding hydrogens is 268 g/mol. The first-order valence-corrected chi connectivity index (χ1v) is 6.48. The molecular formula is C17H14O4. The Kier molecular flexibility index (Phi) is 3.36. The van der Waals surface area contributed by atoms with Crippen LogP contribution in [0.25, 0.3) is 22.3 Å². The predicted octanol–water partition coefficient (Wildman–Crippen LogP) is 3.48. The Morgan fingerprint density at radius 2 is 1.76 bits per heavy atom. The molecule has 4 nitrogen and oxygen atoms in total. The maximum Gasteiger partial charge on any atom is 0.193 e. The summed E-state index contributed by atoms with van der Waals surface area (Å²) < 4.78 is 16.4. The maximum absolute atomic E-state index is 12.2. The van der Waals surface area contributed by atoms with Gasteiger partial charge in [0.05, 0.1) is 25.2 Å². The summed E-state index contributed by atoms with van der Waals surface area (Å²) in [6, 6.07) is 14.0. The molecule has 0 unspecified atom stereocenters. The summed E-state index contributed by atoms with van der Waals surface area (Å²) >= 11 is 0. The van der Waals surface area contributed by atoms with E-state index in [0.29, 0.717) is 33.8 Å². The average Bonchev–Trinajstić information content (AvgIpc) is 2.54. The molecule has 0 N–H and O–H groups in total. The van der Waals surface area contributed by atoms with E-state index in [1.165, 1.54) is 6.07 Å². The molecule has 0 bridgehead atoms. The van der Waals surface area contributed by atoms with Crippen molar-refractivity contribution in [2.24, 2.45) is 0 Å². The van der Waals surface area contributed by atoms with Crippen LogP contribution < -0.4 is 14.9 Å². The van der Waals surface area contributed by atoms with Crippen molar-refractivity contribution in [1.29, 1.82) is 0 Å². The molecule has 0 aliphatic rings. The standard InChI is InChI=1S/C17H14O4/c1-19-11-7-8-15(20-2)13(9-11)17-10-14(18)12-5-3-4-6-16(12)21-17/h3-10H,1-2H3. The molecule has 0 aliphatic carbocycles. The van der Waals surface area contributed by atoms with Crippen molar-refractivity contribution in [1.82, 2.24) is 0 Å². The van der Waals surface area contributed by atoms with Crippen molar-refractivity contribution >= 4 is 11.0 Å². The van der Waals surface area contributed by atoms with E-state index in [2.05, 4.69) is 0 Å². The Labute approximate surface area is 121 Å². The monoisotopic (exact) mass is 282 g/mol. The SMILES string of the molecule is COc1ccc(OC)c(-c2cc(=O)c3ccccc3o2)c1. The Morgan fingerprint density at radius 1 is 0.952 bits per heavy atom. The first-order chi connectivity index (χ1) is 10.2. The molecule has 3 aromatic rings. The Bertz CT molecular complexity index is 849. The molecule has 1 aromatic heterocycles. The highest BCUT2D eigenvalue weighted by Gasteiger charge is 2.12. The fraction of sp³-hybridized carbons (Fsp3) is 0.118. The van der Waals surface area contributed by atoms with Crippen LogP contribution >= 0.6 is 0 Å². The topological polar surface area (TPSA) is 48.7 Å². The van der Waals surface area contributed by atoms with E-state index in [1.54, 1.807) is 44.6 Å². The van der Waals surface area contributed by atoms with Crippen molar-refractivity contribution in [3.05, 3.63) is 58.8 Å². The number of fused-ring (bicyclic) bond motifs is 1. The molecule has 0 atom stereocenters. The van der Waals surface area contributed by atoms with E-state index >= 15 is 0 Å². The lowest BCUT2D eigenvalue weighted by atomic mass is 10.1. The summed E-state index contributed by atoms with van der Waals surface area (Å²) in [4.78, 5) is 12.2. The van der Waals surface area contributed by atoms with Crippen molar-refractivity contribution in [2.45, 2.75) is 0 Å². The first-order valence-electron chi connectivity index (χ1n) is 6.48. The lowest BCUT2D eigenvalue weighted by molar-refractivity contribution is 0.403.